The SMILES string of the molecule is CCN(CC(C)C)CC(C)(C=O)CC. The Kier molecular flexibility index (Phi) is 6.01. The van der Waals surface area contributed by atoms with E-state index in [1.165, 1.54) is 0 Å². The van der Waals surface area contributed by atoms with Crippen molar-refractivity contribution in [3.05, 3.63) is 0 Å². The molecule has 0 spiro atoms. The fourth-order valence-corrected chi connectivity index (χ4v) is 1.57. The van der Waals surface area contributed by atoms with Crippen LogP contribution >= 0.6 is 0 Å². The normalized spacial score (nSPS) is 15.9. The number of nitrogens with zero attached hydrogens (tertiary/aromatic N) is 1. The van der Waals surface area contributed by atoms with E-state index in [4.69, 9.17) is 0 Å². The fourth-order valence-electron chi connectivity index (χ4n) is 1.57. The van der Waals surface area contributed by atoms with Crippen LogP contribution in [0.5, 0.6) is 0 Å². The van der Waals surface area contributed by atoms with E-state index in [1.54, 1.807) is 0 Å². The Morgan fingerprint density at radius 3 is 2.21 bits per heavy atom. The molecule has 0 bridgehead atoms. The summed E-state index contributed by atoms with van der Waals surface area (Å²) in [4.78, 5) is 13.3. The summed E-state index contributed by atoms with van der Waals surface area (Å²) in [5.41, 5.74) is -0.162. The summed E-state index contributed by atoms with van der Waals surface area (Å²) < 4.78 is 0. The van der Waals surface area contributed by atoms with Gasteiger partial charge in [0.25, 0.3) is 0 Å². The summed E-state index contributed by atoms with van der Waals surface area (Å²) in [6.07, 6.45) is 2.03. The zero-order valence-corrected chi connectivity index (χ0v) is 10.3. The molecule has 0 aromatic heterocycles. The molecular weight excluding hydrogens is 174 g/mol. The molecule has 1 unspecified atom stereocenters. The van der Waals surface area contributed by atoms with Crippen molar-refractivity contribution >= 4 is 6.29 Å². The highest BCUT2D eigenvalue weighted by Gasteiger charge is 2.24. The third-order valence-electron chi connectivity index (χ3n) is 2.75. The molecule has 0 aliphatic carbocycles. The van der Waals surface area contributed by atoms with Gasteiger partial charge in [0.05, 0.1) is 0 Å². The third-order valence-corrected chi connectivity index (χ3v) is 2.75. The first-order valence-corrected chi connectivity index (χ1v) is 5.66. The van der Waals surface area contributed by atoms with Crippen LogP contribution in [0, 0.1) is 11.3 Å². The molecule has 0 saturated carbocycles. The van der Waals surface area contributed by atoms with Gasteiger partial charge in [0.15, 0.2) is 0 Å². The summed E-state index contributed by atoms with van der Waals surface area (Å²) in [7, 11) is 0. The highest BCUT2D eigenvalue weighted by Crippen LogP contribution is 2.19. The second kappa shape index (κ2) is 6.18. The number of carbonyl (C=O) groups is 1. The maximum atomic E-state index is 11.0. The molecule has 0 aliphatic heterocycles. The lowest BCUT2D eigenvalue weighted by atomic mass is 9.88. The molecule has 1 atom stereocenters. The molecule has 84 valence electrons. The number of hydrogen-bond acceptors (Lipinski definition) is 2. The van der Waals surface area contributed by atoms with Gasteiger partial charge >= 0.3 is 0 Å². The third kappa shape index (κ3) is 4.75. The van der Waals surface area contributed by atoms with E-state index in [9.17, 15) is 4.79 Å². The molecule has 0 N–H and O–H groups in total. The van der Waals surface area contributed by atoms with Crippen LogP contribution in [0.3, 0.4) is 0 Å². The van der Waals surface area contributed by atoms with Crippen molar-refractivity contribution in [1.82, 2.24) is 4.90 Å². The summed E-state index contributed by atoms with van der Waals surface area (Å²) in [6, 6.07) is 0. The summed E-state index contributed by atoms with van der Waals surface area (Å²) >= 11 is 0. The molecule has 0 fully saturated rings. The van der Waals surface area contributed by atoms with E-state index in [0.717, 1.165) is 32.3 Å². The Bertz CT molecular complexity index is 168. The van der Waals surface area contributed by atoms with Gasteiger partial charge in [-0.1, -0.05) is 34.6 Å². The minimum absolute atomic E-state index is 0.162. The van der Waals surface area contributed by atoms with Crippen LogP contribution in [0.4, 0.5) is 0 Å². The first-order chi connectivity index (χ1) is 6.47. The second-order valence-electron chi connectivity index (χ2n) is 4.85. The van der Waals surface area contributed by atoms with E-state index in [0.29, 0.717) is 5.92 Å². The van der Waals surface area contributed by atoms with E-state index in [2.05, 4.69) is 32.6 Å². The lowest BCUT2D eigenvalue weighted by Gasteiger charge is -2.31. The smallest absolute Gasteiger partial charge is 0.127 e. The predicted molar refractivity (Wildman–Crippen MR) is 61.4 cm³/mol. The van der Waals surface area contributed by atoms with Crippen molar-refractivity contribution in [2.75, 3.05) is 19.6 Å². The number of hydrogen-bond donors (Lipinski definition) is 0. The number of aldehydes is 1. The Hall–Kier alpha value is -0.370. The van der Waals surface area contributed by atoms with Crippen LogP contribution in [0.1, 0.15) is 41.0 Å². The van der Waals surface area contributed by atoms with Crippen LogP contribution < -0.4 is 0 Å². The quantitative estimate of drug-likeness (QED) is 0.587. The van der Waals surface area contributed by atoms with E-state index < -0.39 is 0 Å². The van der Waals surface area contributed by atoms with Crippen molar-refractivity contribution in [2.24, 2.45) is 11.3 Å². The van der Waals surface area contributed by atoms with Gasteiger partial charge in [-0.05, 0) is 18.9 Å². The predicted octanol–water partition coefficient (Wildman–Crippen LogP) is 2.58. The Morgan fingerprint density at radius 1 is 1.36 bits per heavy atom. The molecule has 0 rings (SSSR count). The lowest BCUT2D eigenvalue weighted by Crippen LogP contribution is -2.38. The van der Waals surface area contributed by atoms with E-state index in [-0.39, 0.29) is 5.41 Å². The van der Waals surface area contributed by atoms with Crippen LogP contribution in [-0.4, -0.2) is 30.8 Å². The van der Waals surface area contributed by atoms with Crippen LogP contribution in [-0.2, 0) is 4.79 Å². The average molecular weight is 199 g/mol. The van der Waals surface area contributed by atoms with Crippen molar-refractivity contribution in [1.29, 1.82) is 0 Å². The molecule has 0 saturated heterocycles. The van der Waals surface area contributed by atoms with Gasteiger partial charge in [0, 0.05) is 18.5 Å². The first kappa shape index (κ1) is 13.6. The fraction of sp³-hybridized carbons (Fsp3) is 0.917. The molecule has 0 radical (unpaired) electrons. The first-order valence-electron chi connectivity index (χ1n) is 5.66. The van der Waals surface area contributed by atoms with Crippen molar-refractivity contribution in [3.63, 3.8) is 0 Å². The largest absolute Gasteiger partial charge is 0.303 e. The molecular formula is C12H25NO. The van der Waals surface area contributed by atoms with Crippen LogP contribution in [0.25, 0.3) is 0 Å². The minimum Gasteiger partial charge on any atom is -0.303 e. The topological polar surface area (TPSA) is 20.3 Å². The molecule has 0 aliphatic rings. The summed E-state index contributed by atoms with van der Waals surface area (Å²) in [6.45, 7) is 13.7. The summed E-state index contributed by atoms with van der Waals surface area (Å²) in [5, 5.41) is 0. The highest BCUT2D eigenvalue weighted by atomic mass is 16.1. The Labute approximate surface area is 88.7 Å². The van der Waals surface area contributed by atoms with Crippen molar-refractivity contribution in [2.45, 2.75) is 41.0 Å². The zero-order chi connectivity index (χ0) is 11.2. The highest BCUT2D eigenvalue weighted by molar-refractivity contribution is 5.58. The van der Waals surface area contributed by atoms with Crippen molar-refractivity contribution < 1.29 is 4.79 Å². The van der Waals surface area contributed by atoms with Crippen LogP contribution in [0.2, 0.25) is 0 Å². The molecule has 14 heavy (non-hydrogen) atoms. The van der Waals surface area contributed by atoms with Gasteiger partial charge in [0.1, 0.15) is 6.29 Å². The monoisotopic (exact) mass is 199 g/mol. The van der Waals surface area contributed by atoms with E-state index in [1.807, 2.05) is 6.92 Å². The second-order valence-corrected chi connectivity index (χ2v) is 4.85. The Morgan fingerprint density at radius 2 is 1.93 bits per heavy atom. The molecule has 0 heterocycles. The average Bonchev–Trinajstić information content (AvgIpc) is 2.16. The molecule has 2 heteroatoms. The standard InChI is InChI=1S/C12H25NO/c1-6-12(5,10-14)9-13(7-2)8-11(3)4/h10-11H,6-9H2,1-5H3. The molecule has 0 amide bonds. The molecule has 2 nitrogen and oxygen atoms in total. The maximum Gasteiger partial charge on any atom is 0.127 e. The molecule has 0 aromatic rings. The zero-order valence-electron chi connectivity index (χ0n) is 10.3. The number of carbonyl (C=O) groups excluding carboxylic acids is 1. The maximum absolute atomic E-state index is 11.0. The van der Waals surface area contributed by atoms with Gasteiger partial charge in [-0.15, -0.1) is 0 Å². The van der Waals surface area contributed by atoms with Gasteiger partial charge in [-0.25, -0.2) is 0 Å². The van der Waals surface area contributed by atoms with Gasteiger partial charge in [-0.3, -0.25) is 0 Å². The molecule has 0 aromatic carbocycles. The summed E-state index contributed by atoms with van der Waals surface area (Å²) in [5.74, 6) is 0.669. The lowest BCUT2D eigenvalue weighted by molar-refractivity contribution is -0.116. The van der Waals surface area contributed by atoms with Crippen molar-refractivity contribution in [3.8, 4) is 0 Å². The van der Waals surface area contributed by atoms with Crippen LogP contribution in [0.15, 0.2) is 0 Å². The van der Waals surface area contributed by atoms with Gasteiger partial charge in [-0.2, -0.15) is 0 Å². The van der Waals surface area contributed by atoms with Gasteiger partial charge in [0.2, 0.25) is 0 Å². The van der Waals surface area contributed by atoms with Gasteiger partial charge < -0.3 is 9.69 Å². The number of rotatable bonds is 7. The minimum atomic E-state index is -0.162. The van der Waals surface area contributed by atoms with E-state index >= 15 is 0 Å². The Balaban J connectivity index is 4.21.